The summed E-state index contributed by atoms with van der Waals surface area (Å²) in [6.45, 7) is 6.25. The van der Waals surface area contributed by atoms with E-state index in [1.807, 2.05) is 24.3 Å². The first-order chi connectivity index (χ1) is 23.6. The molecule has 0 fully saturated rings. The quantitative estimate of drug-likeness (QED) is 0.0761. The van der Waals surface area contributed by atoms with Gasteiger partial charge in [-0.3, -0.25) is 0 Å². The average molecular weight is 647 g/mol. The maximum atomic E-state index is 10.7. The molecule has 0 spiro atoms. The first-order valence-corrected chi connectivity index (χ1v) is 17.3. The van der Waals surface area contributed by atoms with Crippen LogP contribution >= 0.6 is 0 Å². The Hall–Kier alpha value is -4.20. The molecule has 6 aromatic carbocycles. The van der Waals surface area contributed by atoms with E-state index >= 15 is 0 Å². The third kappa shape index (κ3) is 7.27. The molecule has 6 heteroatoms. The van der Waals surface area contributed by atoms with Gasteiger partial charge in [0.05, 0.1) is 13.2 Å². The van der Waals surface area contributed by atoms with E-state index < -0.39 is 12.2 Å². The summed E-state index contributed by atoms with van der Waals surface area (Å²) < 4.78 is 24.2. The molecule has 0 amide bonds. The standard InChI is InChI=1S/C42H46O6/c1-3-5-23-45-25-29(43)27-47-41-35-19-11-7-15-31(35)39(32-16-8-12-20-36(32)41)40-33-17-9-13-21-37(33)42(38-22-14-10-18-34(38)40)48-28-30(44)26-46-24-6-4-2/h7-22,29-30,43-44H,3-6,23-28H2,1-2H3. The minimum Gasteiger partial charge on any atom is -0.489 e. The fraction of sp³-hybridized carbons (Fsp3) is 0.333. The summed E-state index contributed by atoms with van der Waals surface area (Å²) in [5.41, 5.74) is 2.22. The van der Waals surface area contributed by atoms with E-state index in [4.69, 9.17) is 18.9 Å². The zero-order chi connectivity index (χ0) is 33.3. The fourth-order valence-electron chi connectivity index (χ4n) is 6.41. The van der Waals surface area contributed by atoms with E-state index in [9.17, 15) is 10.2 Å². The molecule has 6 nitrogen and oxygen atoms in total. The third-order valence-corrected chi connectivity index (χ3v) is 8.76. The number of aliphatic hydroxyl groups excluding tert-OH is 2. The van der Waals surface area contributed by atoms with Gasteiger partial charge >= 0.3 is 0 Å². The summed E-state index contributed by atoms with van der Waals surface area (Å²) >= 11 is 0. The van der Waals surface area contributed by atoms with Crippen molar-refractivity contribution in [2.45, 2.75) is 51.7 Å². The van der Waals surface area contributed by atoms with Crippen LogP contribution in [0, 0.1) is 0 Å². The van der Waals surface area contributed by atoms with Gasteiger partial charge in [0, 0.05) is 34.8 Å². The highest BCUT2D eigenvalue weighted by atomic mass is 16.5. The van der Waals surface area contributed by atoms with E-state index in [0.29, 0.717) is 13.2 Å². The Balaban J connectivity index is 1.47. The average Bonchev–Trinajstić information content (AvgIpc) is 3.12. The lowest BCUT2D eigenvalue weighted by Gasteiger charge is -2.22. The van der Waals surface area contributed by atoms with Crippen molar-refractivity contribution in [3.05, 3.63) is 97.1 Å². The zero-order valence-corrected chi connectivity index (χ0v) is 28.0. The van der Waals surface area contributed by atoms with E-state index in [0.717, 1.165) is 91.4 Å². The molecule has 2 atom stereocenters. The van der Waals surface area contributed by atoms with Crippen molar-refractivity contribution < 1.29 is 29.2 Å². The van der Waals surface area contributed by atoms with E-state index in [2.05, 4.69) is 86.6 Å². The molecule has 0 saturated carbocycles. The molecule has 0 bridgehead atoms. The number of benzene rings is 6. The van der Waals surface area contributed by atoms with Gasteiger partial charge in [-0.05, 0) is 45.5 Å². The number of fused-ring (bicyclic) bond motifs is 4. The summed E-state index contributed by atoms with van der Waals surface area (Å²) in [7, 11) is 0. The van der Waals surface area contributed by atoms with Gasteiger partial charge in [0.25, 0.3) is 0 Å². The number of ether oxygens (including phenoxy) is 4. The molecule has 0 saturated heterocycles. The lowest BCUT2D eigenvalue weighted by molar-refractivity contribution is 0.0119. The van der Waals surface area contributed by atoms with Gasteiger partial charge < -0.3 is 29.2 Å². The highest BCUT2D eigenvalue weighted by molar-refractivity contribution is 6.26. The van der Waals surface area contributed by atoms with E-state index in [1.54, 1.807) is 0 Å². The number of rotatable bonds is 17. The molecule has 0 aromatic heterocycles. The SMILES string of the molecule is CCCCOCC(O)COc1c2ccccc2c(-c2c3ccccc3c(OCC(O)COCCCC)c3ccccc23)c2ccccc12. The predicted molar refractivity (Wildman–Crippen MR) is 196 cm³/mol. The number of aliphatic hydroxyl groups is 2. The maximum Gasteiger partial charge on any atom is 0.135 e. The minimum absolute atomic E-state index is 0.132. The second kappa shape index (κ2) is 16.3. The van der Waals surface area contributed by atoms with E-state index in [1.165, 1.54) is 0 Å². The highest BCUT2D eigenvalue weighted by Gasteiger charge is 2.23. The van der Waals surface area contributed by atoms with Gasteiger partial charge in [0.15, 0.2) is 0 Å². The molecule has 0 aliphatic rings. The first-order valence-electron chi connectivity index (χ1n) is 17.3. The van der Waals surface area contributed by atoms with Crippen LogP contribution in [0.2, 0.25) is 0 Å². The lowest BCUT2D eigenvalue weighted by atomic mass is 9.85. The van der Waals surface area contributed by atoms with Crippen LogP contribution in [0.25, 0.3) is 54.2 Å². The van der Waals surface area contributed by atoms with Crippen LogP contribution in [0.1, 0.15) is 39.5 Å². The normalized spacial score (nSPS) is 13.0. The second-order valence-electron chi connectivity index (χ2n) is 12.4. The molecule has 2 unspecified atom stereocenters. The van der Waals surface area contributed by atoms with Crippen LogP contribution in [0.5, 0.6) is 11.5 Å². The Morgan fingerprint density at radius 1 is 0.438 bits per heavy atom. The Kier molecular flexibility index (Phi) is 11.4. The largest absolute Gasteiger partial charge is 0.489 e. The van der Waals surface area contributed by atoms with Crippen molar-refractivity contribution in [2.24, 2.45) is 0 Å². The van der Waals surface area contributed by atoms with Crippen molar-refractivity contribution in [3.8, 4) is 22.6 Å². The van der Waals surface area contributed by atoms with Crippen LogP contribution in [0.3, 0.4) is 0 Å². The van der Waals surface area contributed by atoms with Crippen molar-refractivity contribution in [1.29, 1.82) is 0 Å². The fourth-order valence-corrected chi connectivity index (χ4v) is 6.41. The van der Waals surface area contributed by atoms with Crippen molar-refractivity contribution in [2.75, 3.05) is 39.6 Å². The van der Waals surface area contributed by atoms with Crippen LogP contribution in [-0.4, -0.2) is 62.1 Å². The Bertz CT molecular complexity index is 1710. The van der Waals surface area contributed by atoms with Gasteiger partial charge in [0.2, 0.25) is 0 Å². The molecule has 48 heavy (non-hydrogen) atoms. The molecule has 0 radical (unpaired) electrons. The van der Waals surface area contributed by atoms with Crippen molar-refractivity contribution in [3.63, 3.8) is 0 Å². The molecule has 2 N–H and O–H groups in total. The maximum absolute atomic E-state index is 10.7. The molecule has 6 aromatic rings. The lowest BCUT2D eigenvalue weighted by Crippen LogP contribution is -2.24. The first kappa shape index (κ1) is 33.7. The zero-order valence-electron chi connectivity index (χ0n) is 28.0. The summed E-state index contributed by atoms with van der Waals surface area (Å²) in [6, 6.07) is 33.3. The monoisotopic (exact) mass is 646 g/mol. The van der Waals surface area contributed by atoms with Gasteiger partial charge in [-0.2, -0.15) is 0 Å². The van der Waals surface area contributed by atoms with Crippen LogP contribution in [-0.2, 0) is 9.47 Å². The Morgan fingerprint density at radius 2 is 0.729 bits per heavy atom. The molecule has 0 heterocycles. The molecule has 0 aliphatic carbocycles. The Labute approximate surface area is 282 Å². The van der Waals surface area contributed by atoms with Crippen LogP contribution in [0.15, 0.2) is 97.1 Å². The summed E-state index contributed by atoms with van der Waals surface area (Å²) in [6.07, 6.45) is 2.57. The highest BCUT2D eigenvalue weighted by Crippen LogP contribution is 2.49. The summed E-state index contributed by atoms with van der Waals surface area (Å²) in [4.78, 5) is 0. The minimum atomic E-state index is -0.735. The molecular weight excluding hydrogens is 600 g/mol. The molecular formula is C42H46O6. The van der Waals surface area contributed by atoms with Gasteiger partial charge in [-0.25, -0.2) is 0 Å². The topological polar surface area (TPSA) is 77.4 Å². The number of hydrogen-bond acceptors (Lipinski definition) is 6. The van der Waals surface area contributed by atoms with Crippen LogP contribution < -0.4 is 9.47 Å². The van der Waals surface area contributed by atoms with Crippen LogP contribution in [0.4, 0.5) is 0 Å². The predicted octanol–water partition coefficient (Wildman–Crippen LogP) is 9.08. The third-order valence-electron chi connectivity index (χ3n) is 8.76. The van der Waals surface area contributed by atoms with Gasteiger partial charge in [-0.1, -0.05) is 124 Å². The van der Waals surface area contributed by atoms with Gasteiger partial charge in [0.1, 0.15) is 36.9 Å². The van der Waals surface area contributed by atoms with Crippen molar-refractivity contribution in [1.82, 2.24) is 0 Å². The van der Waals surface area contributed by atoms with E-state index in [-0.39, 0.29) is 26.4 Å². The molecule has 6 rings (SSSR count). The Morgan fingerprint density at radius 3 is 1.02 bits per heavy atom. The number of hydrogen-bond donors (Lipinski definition) is 2. The summed E-state index contributed by atoms with van der Waals surface area (Å²) in [5, 5.41) is 29.6. The smallest absolute Gasteiger partial charge is 0.135 e. The van der Waals surface area contributed by atoms with Gasteiger partial charge in [-0.15, -0.1) is 0 Å². The molecule has 250 valence electrons. The second-order valence-corrected chi connectivity index (χ2v) is 12.4. The molecule has 0 aliphatic heterocycles. The summed E-state index contributed by atoms with van der Waals surface area (Å²) in [5.74, 6) is 1.50. The van der Waals surface area contributed by atoms with Crippen molar-refractivity contribution >= 4 is 43.1 Å². The number of unbranched alkanes of at least 4 members (excludes halogenated alkanes) is 2.